The minimum atomic E-state index is -0.629. The van der Waals surface area contributed by atoms with Crippen molar-refractivity contribution in [3.63, 3.8) is 0 Å². The third kappa shape index (κ3) is 3.41. The second-order valence-corrected chi connectivity index (χ2v) is 3.52. The Morgan fingerprint density at radius 3 is 3.05 bits per heavy atom. The molecule has 0 radical (unpaired) electrons. The van der Waals surface area contributed by atoms with E-state index in [1.807, 2.05) is 6.92 Å². The molecule has 8 heteroatoms. The summed E-state index contributed by atoms with van der Waals surface area (Å²) in [6.45, 7) is 2.67. The van der Waals surface area contributed by atoms with Crippen molar-refractivity contribution in [1.82, 2.24) is 15.0 Å². The highest BCUT2D eigenvalue weighted by Gasteiger charge is 2.08. The molecule has 2 rings (SSSR count). The first kappa shape index (κ1) is 12.8. The molecule has 0 atom stereocenters. The van der Waals surface area contributed by atoms with Gasteiger partial charge in [-0.25, -0.2) is 15.0 Å². The lowest BCUT2D eigenvalue weighted by Crippen LogP contribution is -2.11. The molecule has 3 N–H and O–H groups in total. The van der Waals surface area contributed by atoms with Gasteiger partial charge in [-0.15, -0.1) is 0 Å². The van der Waals surface area contributed by atoms with E-state index in [1.165, 1.54) is 12.6 Å². The maximum absolute atomic E-state index is 10.8. The van der Waals surface area contributed by atoms with Crippen molar-refractivity contribution < 1.29 is 13.9 Å². The summed E-state index contributed by atoms with van der Waals surface area (Å²) in [5.41, 5.74) is 5.16. The standard InChI is InChI=1S/C11H13N5O3/c1-2-18-9-3-8(14-6-15-9)13-4-10-16-7(5-19-10)11(12)17/h3,5-6H,2,4H2,1H3,(H2,12,17)(H,13,14,15). The second kappa shape index (κ2) is 5.80. The average molecular weight is 263 g/mol. The maximum Gasteiger partial charge on any atom is 0.270 e. The highest BCUT2D eigenvalue weighted by molar-refractivity contribution is 5.90. The predicted molar refractivity (Wildman–Crippen MR) is 65.5 cm³/mol. The number of nitrogens with zero attached hydrogens (tertiary/aromatic N) is 3. The largest absolute Gasteiger partial charge is 0.478 e. The minimum absolute atomic E-state index is 0.0921. The summed E-state index contributed by atoms with van der Waals surface area (Å²) in [4.78, 5) is 22.7. The van der Waals surface area contributed by atoms with E-state index in [1.54, 1.807) is 6.07 Å². The first-order chi connectivity index (χ1) is 9.19. The van der Waals surface area contributed by atoms with Crippen LogP contribution in [0, 0.1) is 0 Å². The molecule has 0 aliphatic rings. The van der Waals surface area contributed by atoms with Gasteiger partial charge in [-0.05, 0) is 6.92 Å². The van der Waals surface area contributed by atoms with Crippen LogP contribution in [0.4, 0.5) is 5.82 Å². The molecule has 19 heavy (non-hydrogen) atoms. The number of ether oxygens (including phenoxy) is 1. The van der Waals surface area contributed by atoms with Crippen LogP contribution in [-0.4, -0.2) is 27.5 Å². The Hall–Kier alpha value is -2.64. The topological polar surface area (TPSA) is 116 Å². The van der Waals surface area contributed by atoms with E-state index in [-0.39, 0.29) is 12.2 Å². The van der Waals surface area contributed by atoms with Crippen molar-refractivity contribution in [1.29, 1.82) is 0 Å². The van der Waals surface area contributed by atoms with Crippen molar-refractivity contribution in [2.75, 3.05) is 11.9 Å². The van der Waals surface area contributed by atoms with E-state index in [2.05, 4.69) is 20.3 Å². The summed E-state index contributed by atoms with van der Waals surface area (Å²) in [5.74, 6) is 0.753. The zero-order valence-corrected chi connectivity index (χ0v) is 10.3. The molecular weight excluding hydrogens is 250 g/mol. The van der Waals surface area contributed by atoms with E-state index in [0.717, 1.165) is 0 Å². The molecule has 2 heterocycles. The molecule has 0 saturated carbocycles. The highest BCUT2D eigenvalue weighted by atomic mass is 16.5. The van der Waals surface area contributed by atoms with Gasteiger partial charge < -0.3 is 20.2 Å². The van der Waals surface area contributed by atoms with Crippen LogP contribution in [0.2, 0.25) is 0 Å². The van der Waals surface area contributed by atoms with Crippen LogP contribution in [0.15, 0.2) is 23.1 Å². The van der Waals surface area contributed by atoms with Crippen molar-refractivity contribution in [2.24, 2.45) is 5.73 Å². The molecule has 2 aromatic rings. The van der Waals surface area contributed by atoms with Gasteiger partial charge in [-0.1, -0.05) is 0 Å². The van der Waals surface area contributed by atoms with E-state index in [4.69, 9.17) is 14.9 Å². The molecule has 8 nitrogen and oxygen atoms in total. The summed E-state index contributed by atoms with van der Waals surface area (Å²) in [5, 5.41) is 2.97. The second-order valence-electron chi connectivity index (χ2n) is 3.52. The molecule has 0 saturated heterocycles. The number of hydrogen-bond donors (Lipinski definition) is 2. The number of amides is 1. The number of hydrogen-bond acceptors (Lipinski definition) is 7. The van der Waals surface area contributed by atoms with Crippen LogP contribution < -0.4 is 15.8 Å². The van der Waals surface area contributed by atoms with Gasteiger partial charge in [0.15, 0.2) is 5.69 Å². The molecule has 1 amide bonds. The molecule has 0 aliphatic carbocycles. The summed E-state index contributed by atoms with van der Waals surface area (Å²) < 4.78 is 10.3. The van der Waals surface area contributed by atoms with Crippen molar-refractivity contribution in [3.8, 4) is 5.88 Å². The van der Waals surface area contributed by atoms with Crippen molar-refractivity contribution in [3.05, 3.63) is 30.2 Å². The van der Waals surface area contributed by atoms with Crippen molar-refractivity contribution in [2.45, 2.75) is 13.5 Å². The molecular formula is C11H13N5O3. The zero-order valence-electron chi connectivity index (χ0n) is 10.3. The lowest BCUT2D eigenvalue weighted by Gasteiger charge is -2.05. The highest BCUT2D eigenvalue weighted by Crippen LogP contribution is 2.12. The van der Waals surface area contributed by atoms with Gasteiger partial charge in [-0.2, -0.15) is 0 Å². The van der Waals surface area contributed by atoms with E-state index >= 15 is 0 Å². The summed E-state index contributed by atoms with van der Waals surface area (Å²) in [6, 6.07) is 1.65. The van der Waals surface area contributed by atoms with E-state index < -0.39 is 5.91 Å². The Kier molecular flexibility index (Phi) is 3.91. The number of carbonyl (C=O) groups is 1. The third-order valence-electron chi connectivity index (χ3n) is 2.16. The molecule has 100 valence electrons. The van der Waals surface area contributed by atoms with Gasteiger partial charge in [0.1, 0.15) is 18.4 Å². The van der Waals surface area contributed by atoms with Crippen LogP contribution in [0.5, 0.6) is 5.88 Å². The van der Waals surface area contributed by atoms with Crippen LogP contribution in [0.1, 0.15) is 23.3 Å². The normalized spacial score (nSPS) is 10.2. The van der Waals surface area contributed by atoms with Gasteiger partial charge in [-0.3, -0.25) is 4.79 Å². The Labute approximate surface area is 109 Å². The number of carbonyl (C=O) groups excluding carboxylic acids is 1. The van der Waals surface area contributed by atoms with Crippen molar-refractivity contribution >= 4 is 11.7 Å². The van der Waals surface area contributed by atoms with Gasteiger partial charge in [0.05, 0.1) is 13.2 Å². The molecule has 0 unspecified atom stereocenters. The molecule has 0 spiro atoms. The zero-order chi connectivity index (χ0) is 13.7. The monoisotopic (exact) mass is 263 g/mol. The van der Waals surface area contributed by atoms with E-state index in [0.29, 0.717) is 24.2 Å². The number of rotatable bonds is 6. The van der Waals surface area contributed by atoms with Crippen LogP contribution in [0.25, 0.3) is 0 Å². The Morgan fingerprint density at radius 1 is 1.53 bits per heavy atom. The Bertz CT molecular complexity index is 569. The SMILES string of the molecule is CCOc1cc(NCc2nc(C(N)=O)co2)ncn1. The fraction of sp³-hybridized carbons (Fsp3) is 0.273. The molecule has 0 fully saturated rings. The van der Waals surface area contributed by atoms with Gasteiger partial charge >= 0.3 is 0 Å². The molecule has 0 aliphatic heterocycles. The first-order valence-electron chi connectivity index (χ1n) is 5.62. The number of primary amides is 1. The van der Waals surface area contributed by atoms with Gasteiger partial charge in [0, 0.05) is 6.07 Å². The maximum atomic E-state index is 10.8. The van der Waals surface area contributed by atoms with Crippen LogP contribution >= 0.6 is 0 Å². The Balaban J connectivity index is 1.97. The lowest BCUT2D eigenvalue weighted by molar-refractivity contribution is 0.0995. The smallest absolute Gasteiger partial charge is 0.270 e. The Morgan fingerprint density at radius 2 is 2.37 bits per heavy atom. The van der Waals surface area contributed by atoms with Gasteiger partial charge in [0.2, 0.25) is 11.8 Å². The van der Waals surface area contributed by atoms with Crippen LogP contribution in [0.3, 0.4) is 0 Å². The molecule has 0 bridgehead atoms. The number of oxazole rings is 1. The minimum Gasteiger partial charge on any atom is -0.478 e. The summed E-state index contributed by atoms with van der Waals surface area (Å²) in [7, 11) is 0. The van der Waals surface area contributed by atoms with E-state index in [9.17, 15) is 4.79 Å². The third-order valence-corrected chi connectivity index (χ3v) is 2.16. The van der Waals surface area contributed by atoms with Gasteiger partial charge in [0.25, 0.3) is 5.91 Å². The number of nitrogens with one attached hydrogen (secondary N) is 1. The number of anilines is 1. The van der Waals surface area contributed by atoms with Crippen LogP contribution in [-0.2, 0) is 6.54 Å². The fourth-order valence-corrected chi connectivity index (χ4v) is 1.33. The molecule has 2 aromatic heterocycles. The number of nitrogens with two attached hydrogens (primary N) is 1. The summed E-state index contributed by atoms with van der Waals surface area (Å²) in [6.07, 6.45) is 2.60. The number of aromatic nitrogens is 3. The quantitative estimate of drug-likeness (QED) is 0.782. The lowest BCUT2D eigenvalue weighted by atomic mass is 10.5. The summed E-state index contributed by atoms with van der Waals surface area (Å²) >= 11 is 0. The average Bonchev–Trinajstić information content (AvgIpc) is 2.86. The molecule has 0 aromatic carbocycles. The first-order valence-corrected chi connectivity index (χ1v) is 5.62. The fourth-order valence-electron chi connectivity index (χ4n) is 1.33. The predicted octanol–water partition coefficient (Wildman–Crippen LogP) is 0.574.